The lowest BCUT2D eigenvalue weighted by molar-refractivity contribution is 0.174. The van der Waals surface area contributed by atoms with E-state index >= 15 is 0 Å². The zero-order chi connectivity index (χ0) is 11.5. The van der Waals surface area contributed by atoms with Gasteiger partial charge >= 0.3 is 0 Å². The van der Waals surface area contributed by atoms with Crippen LogP contribution in [0.4, 0.5) is 0 Å². The molecule has 2 atom stereocenters. The van der Waals surface area contributed by atoms with Crippen molar-refractivity contribution in [3.05, 3.63) is 23.8 Å². The number of fused-ring (bicyclic) bond motifs is 1. The van der Waals surface area contributed by atoms with E-state index in [-0.39, 0.29) is 18.7 Å². The van der Waals surface area contributed by atoms with Crippen molar-refractivity contribution in [2.45, 2.75) is 25.9 Å². The van der Waals surface area contributed by atoms with Crippen LogP contribution < -0.4 is 14.8 Å². The van der Waals surface area contributed by atoms with Gasteiger partial charge < -0.3 is 19.9 Å². The molecule has 0 amide bonds. The molecule has 4 nitrogen and oxygen atoms in total. The Labute approximate surface area is 95.2 Å². The highest BCUT2D eigenvalue weighted by Gasteiger charge is 2.16. The summed E-state index contributed by atoms with van der Waals surface area (Å²) in [6.45, 7) is 4.44. The van der Waals surface area contributed by atoms with Crippen LogP contribution in [0.3, 0.4) is 0 Å². The maximum Gasteiger partial charge on any atom is 0.231 e. The number of hydrogen-bond donors (Lipinski definition) is 2. The smallest absolute Gasteiger partial charge is 0.231 e. The Kier molecular flexibility index (Phi) is 3.31. The summed E-state index contributed by atoms with van der Waals surface area (Å²) in [4.78, 5) is 0. The van der Waals surface area contributed by atoms with Crippen molar-refractivity contribution in [1.29, 1.82) is 0 Å². The van der Waals surface area contributed by atoms with Crippen LogP contribution >= 0.6 is 0 Å². The highest BCUT2D eigenvalue weighted by atomic mass is 16.7. The SMILES string of the molecule is CC(N[C@@H](C)CO)c1ccc2c(c1)OCO2. The van der Waals surface area contributed by atoms with Gasteiger partial charge in [-0.3, -0.25) is 0 Å². The van der Waals surface area contributed by atoms with Crippen molar-refractivity contribution >= 4 is 0 Å². The fraction of sp³-hybridized carbons (Fsp3) is 0.500. The van der Waals surface area contributed by atoms with E-state index in [0.29, 0.717) is 6.79 Å². The van der Waals surface area contributed by atoms with Crippen LogP contribution in [0.2, 0.25) is 0 Å². The molecule has 0 saturated heterocycles. The highest BCUT2D eigenvalue weighted by Crippen LogP contribution is 2.34. The Morgan fingerprint density at radius 1 is 1.31 bits per heavy atom. The first kappa shape index (κ1) is 11.2. The molecule has 1 aromatic carbocycles. The normalized spacial score (nSPS) is 17.2. The van der Waals surface area contributed by atoms with E-state index in [1.807, 2.05) is 25.1 Å². The molecule has 1 aliphatic heterocycles. The Hall–Kier alpha value is -1.26. The first-order chi connectivity index (χ1) is 7.70. The Bertz CT molecular complexity index is 367. The summed E-state index contributed by atoms with van der Waals surface area (Å²) in [5.41, 5.74) is 1.13. The molecule has 0 radical (unpaired) electrons. The van der Waals surface area contributed by atoms with Gasteiger partial charge in [0.25, 0.3) is 0 Å². The van der Waals surface area contributed by atoms with Gasteiger partial charge in [-0.1, -0.05) is 6.07 Å². The van der Waals surface area contributed by atoms with E-state index in [1.54, 1.807) is 0 Å². The number of benzene rings is 1. The Morgan fingerprint density at radius 3 is 2.81 bits per heavy atom. The summed E-state index contributed by atoms with van der Waals surface area (Å²) in [6.07, 6.45) is 0. The third-order valence-corrected chi connectivity index (χ3v) is 2.71. The second kappa shape index (κ2) is 4.72. The van der Waals surface area contributed by atoms with Crippen molar-refractivity contribution in [2.24, 2.45) is 0 Å². The largest absolute Gasteiger partial charge is 0.454 e. The van der Waals surface area contributed by atoms with Crippen LogP contribution in [0.15, 0.2) is 18.2 Å². The van der Waals surface area contributed by atoms with Crippen LogP contribution in [0, 0.1) is 0 Å². The minimum absolute atomic E-state index is 0.0837. The average Bonchev–Trinajstić information content (AvgIpc) is 2.75. The fourth-order valence-corrected chi connectivity index (χ4v) is 1.76. The minimum atomic E-state index is 0.0837. The molecule has 0 saturated carbocycles. The minimum Gasteiger partial charge on any atom is -0.454 e. The van der Waals surface area contributed by atoms with Gasteiger partial charge in [0.2, 0.25) is 6.79 Å². The molecule has 1 aliphatic rings. The zero-order valence-electron chi connectivity index (χ0n) is 9.56. The van der Waals surface area contributed by atoms with Crippen LogP contribution in [-0.4, -0.2) is 24.5 Å². The molecule has 4 heteroatoms. The predicted molar refractivity (Wildman–Crippen MR) is 60.7 cm³/mol. The monoisotopic (exact) mass is 223 g/mol. The average molecular weight is 223 g/mol. The molecule has 88 valence electrons. The molecule has 1 unspecified atom stereocenters. The van der Waals surface area contributed by atoms with E-state index in [4.69, 9.17) is 14.6 Å². The molecule has 1 heterocycles. The van der Waals surface area contributed by atoms with Crippen LogP contribution in [0.5, 0.6) is 11.5 Å². The van der Waals surface area contributed by atoms with Crippen molar-refractivity contribution in [2.75, 3.05) is 13.4 Å². The molecule has 0 fully saturated rings. The predicted octanol–water partition coefficient (Wildman–Crippen LogP) is 1.45. The molecule has 0 aromatic heterocycles. The van der Waals surface area contributed by atoms with Gasteiger partial charge in [0.05, 0.1) is 6.61 Å². The number of rotatable bonds is 4. The topological polar surface area (TPSA) is 50.7 Å². The van der Waals surface area contributed by atoms with E-state index in [2.05, 4.69) is 12.2 Å². The maximum atomic E-state index is 8.98. The number of ether oxygens (including phenoxy) is 2. The second-order valence-electron chi connectivity index (χ2n) is 4.08. The molecular weight excluding hydrogens is 206 g/mol. The van der Waals surface area contributed by atoms with Gasteiger partial charge in [-0.25, -0.2) is 0 Å². The highest BCUT2D eigenvalue weighted by molar-refractivity contribution is 5.45. The van der Waals surface area contributed by atoms with Crippen molar-refractivity contribution in [3.63, 3.8) is 0 Å². The summed E-state index contributed by atoms with van der Waals surface area (Å²) >= 11 is 0. The molecule has 1 aromatic rings. The molecule has 0 bridgehead atoms. The zero-order valence-corrected chi connectivity index (χ0v) is 9.56. The van der Waals surface area contributed by atoms with E-state index in [9.17, 15) is 0 Å². The summed E-state index contributed by atoms with van der Waals surface area (Å²) in [7, 11) is 0. The van der Waals surface area contributed by atoms with Gasteiger partial charge in [0.15, 0.2) is 11.5 Å². The standard InChI is InChI=1S/C12H17NO3/c1-8(6-14)13-9(2)10-3-4-11-12(5-10)16-7-15-11/h3-5,8-9,13-14H,6-7H2,1-2H3/t8-,9?/m0/s1. The third-order valence-electron chi connectivity index (χ3n) is 2.71. The third kappa shape index (κ3) is 2.28. The van der Waals surface area contributed by atoms with Crippen molar-refractivity contribution < 1.29 is 14.6 Å². The lowest BCUT2D eigenvalue weighted by Crippen LogP contribution is -2.31. The van der Waals surface area contributed by atoms with Gasteiger partial charge in [-0.15, -0.1) is 0 Å². The van der Waals surface area contributed by atoms with E-state index < -0.39 is 0 Å². The van der Waals surface area contributed by atoms with Gasteiger partial charge in [-0.2, -0.15) is 0 Å². The number of hydrogen-bond acceptors (Lipinski definition) is 4. The van der Waals surface area contributed by atoms with Crippen LogP contribution in [0.1, 0.15) is 25.5 Å². The van der Waals surface area contributed by atoms with Gasteiger partial charge in [0, 0.05) is 12.1 Å². The first-order valence-corrected chi connectivity index (χ1v) is 5.47. The molecule has 0 aliphatic carbocycles. The lowest BCUT2D eigenvalue weighted by Gasteiger charge is -2.18. The Balaban J connectivity index is 2.09. The van der Waals surface area contributed by atoms with Crippen molar-refractivity contribution in [3.8, 4) is 11.5 Å². The summed E-state index contributed by atoms with van der Waals surface area (Å²) in [5, 5.41) is 12.3. The lowest BCUT2D eigenvalue weighted by atomic mass is 10.1. The molecule has 16 heavy (non-hydrogen) atoms. The quantitative estimate of drug-likeness (QED) is 0.811. The summed E-state index contributed by atoms with van der Waals surface area (Å²) < 4.78 is 10.6. The molecule has 0 spiro atoms. The molecule has 2 rings (SSSR count). The number of aliphatic hydroxyl groups is 1. The molecule has 2 N–H and O–H groups in total. The number of aliphatic hydroxyl groups excluding tert-OH is 1. The molecular formula is C12H17NO3. The van der Waals surface area contributed by atoms with E-state index in [0.717, 1.165) is 17.1 Å². The summed E-state index contributed by atoms with van der Waals surface area (Å²) in [6, 6.07) is 6.16. The van der Waals surface area contributed by atoms with Gasteiger partial charge in [-0.05, 0) is 31.5 Å². The number of nitrogens with one attached hydrogen (secondary N) is 1. The Morgan fingerprint density at radius 2 is 2.06 bits per heavy atom. The van der Waals surface area contributed by atoms with E-state index in [1.165, 1.54) is 0 Å². The van der Waals surface area contributed by atoms with Crippen molar-refractivity contribution in [1.82, 2.24) is 5.32 Å². The second-order valence-corrected chi connectivity index (χ2v) is 4.08. The summed E-state index contributed by atoms with van der Waals surface area (Å²) in [5.74, 6) is 1.59. The van der Waals surface area contributed by atoms with Gasteiger partial charge in [0.1, 0.15) is 0 Å². The van der Waals surface area contributed by atoms with Crippen LogP contribution in [0.25, 0.3) is 0 Å². The maximum absolute atomic E-state index is 8.98. The fourth-order valence-electron chi connectivity index (χ4n) is 1.76. The van der Waals surface area contributed by atoms with Crippen LogP contribution in [-0.2, 0) is 0 Å². The first-order valence-electron chi connectivity index (χ1n) is 5.47.